The number of ether oxygens (including phenoxy) is 1. The van der Waals surface area contributed by atoms with Crippen molar-refractivity contribution in [1.29, 1.82) is 0 Å². The number of hydrogen-bond donors (Lipinski definition) is 1. The van der Waals surface area contributed by atoms with Crippen LogP contribution in [0, 0.1) is 11.8 Å². The Bertz CT molecular complexity index is 750. The van der Waals surface area contributed by atoms with Gasteiger partial charge in [0.2, 0.25) is 5.91 Å². The molecule has 0 spiro atoms. The lowest BCUT2D eigenvalue weighted by atomic mass is 9.93. The summed E-state index contributed by atoms with van der Waals surface area (Å²) in [4.78, 5) is 41.2. The second-order valence-electron chi connectivity index (χ2n) is 9.09. The van der Waals surface area contributed by atoms with Crippen molar-refractivity contribution in [1.82, 2.24) is 15.1 Å². The van der Waals surface area contributed by atoms with Gasteiger partial charge in [-0.25, -0.2) is 4.79 Å². The molecule has 0 aromatic heterocycles. The van der Waals surface area contributed by atoms with E-state index in [2.05, 4.69) is 5.32 Å². The van der Waals surface area contributed by atoms with Gasteiger partial charge in [-0.1, -0.05) is 39.8 Å². The Balaban J connectivity index is 2.03. The minimum Gasteiger partial charge on any atom is -0.497 e. The average molecular weight is 418 g/mol. The number of carbonyl (C=O) groups excluding carboxylic acids is 3. The molecule has 30 heavy (non-hydrogen) atoms. The van der Waals surface area contributed by atoms with Crippen LogP contribution in [0.5, 0.6) is 5.75 Å². The Labute approximate surface area is 179 Å². The largest absolute Gasteiger partial charge is 0.497 e. The number of methoxy groups -OCH3 is 1. The van der Waals surface area contributed by atoms with E-state index in [4.69, 9.17) is 4.74 Å². The summed E-state index contributed by atoms with van der Waals surface area (Å²) in [7, 11) is 1.61. The van der Waals surface area contributed by atoms with Gasteiger partial charge in [-0.05, 0) is 49.3 Å². The van der Waals surface area contributed by atoms with Gasteiger partial charge in [0.1, 0.15) is 17.8 Å². The van der Waals surface area contributed by atoms with Crippen molar-refractivity contribution >= 4 is 17.8 Å². The molecule has 166 valence electrons. The summed E-state index contributed by atoms with van der Waals surface area (Å²) in [5.74, 6) is 0.854. The zero-order valence-electron chi connectivity index (χ0n) is 19.0. The maximum Gasteiger partial charge on any atom is 0.325 e. The predicted molar refractivity (Wildman–Crippen MR) is 116 cm³/mol. The van der Waals surface area contributed by atoms with E-state index in [1.807, 2.05) is 52.0 Å². The highest BCUT2D eigenvalue weighted by atomic mass is 16.5. The van der Waals surface area contributed by atoms with E-state index in [1.165, 1.54) is 0 Å². The molecule has 0 saturated carbocycles. The van der Waals surface area contributed by atoms with Gasteiger partial charge in [0, 0.05) is 13.1 Å². The number of rotatable bonds is 10. The molecule has 1 aliphatic heterocycles. The van der Waals surface area contributed by atoms with Gasteiger partial charge in [0.25, 0.3) is 5.91 Å². The quantitative estimate of drug-likeness (QED) is 0.594. The van der Waals surface area contributed by atoms with Crippen LogP contribution in [-0.2, 0) is 16.0 Å². The number of benzene rings is 1. The first kappa shape index (κ1) is 23.7. The number of amides is 4. The summed E-state index contributed by atoms with van der Waals surface area (Å²) < 4.78 is 5.16. The molecule has 0 aliphatic carbocycles. The van der Waals surface area contributed by atoms with Gasteiger partial charge in [0.15, 0.2) is 0 Å². The van der Waals surface area contributed by atoms with Crippen LogP contribution in [-0.4, -0.2) is 59.9 Å². The molecular formula is C23H35N3O4. The lowest BCUT2D eigenvalue weighted by Gasteiger charge is -2.28. The zero-order chi connectivity index (χ0) is 22.5. The lowest BCUT2D eigenvalue weighted by Crippen LogP contribution is -2.47. The van der Waals surface area contributed by atoms with Crippen LogP contribution in [0.4, 0.5) is 4.79 Å². The predicted octanol–water partition coefficient (Wildman–Crippen LogP) is 3.08. The highest BCUT2D eigenvalue weighted by Crippen LogP contribution is 2.24. The molecule has 7 nitrogen and oxygen atoms in total. The molecule has 1 aromatic rings. The minimum absolute atomic E-state index is 0.194. The second kappa shape index (κ2) is 9.96. The van der Waals surface area contributed by atoms with Crippen molar-refractivity contribution in [3.8, 4) is 5.75 Å². The summed E-state index contributed by atoms with van der Waals surface area (Å²) >= 11 is 0. The highest BCUT2D eigenvalue weighted by Gasteiger charge is 2.48. The molecule has 2 rings (SSSR count). The van der Waals surface area contributed by atoms with E-state index in [1.54, 1.807) is 18.9 Å². The van der Waals surface area contributed by atoms with Crippen LogP contribution in [0.15, 0.2) is 24.3 Å². The Morgan fingerprint density at radius 2 is 1.67 bits per heavy atom. The fraction of sp³-hybridized carbons (Fsp3) is 0.609. The molecule has 1 saturated heterocycles. The van der Waals surface area contributed by atoms with Crippen molar-refractivity contribution in [2.45, 2.75) is 53.0 Å². The van der Waals surface area contributed by atoms with Crippen molar-refractivity contribution < 1.29 is 19.1 Å². The molecule has 1 aliphatic rings. The molecule has 1 fully saturated rings. The first-order valence-electron chi connectivity index (χ1n) is 10.6. The summed E-state index contributed by atoms with van der Waals surface area (Å²) in [6.45, 7) is 10.9. The number of urea groups is 1. The van der Waals surface area contributed by atoms with Crippen molar-refractivity contribution in [3.05, 3.63) is 29.8 Å². The Kier molecular flexibility index (Phi) is 7.87. The summed E-state index contributed by atoms with van der Waals surface area (Å²) in [5, 5.41) is 2.79. The molecule has 0 bridgehead atoms. The first-order valence-corrected chi connectivity index (χ1v) is 10.6. The van der Waals surface area contributed by atoms with Crippen molar-refractivity contribution in [2.24, 2.45) is 11.8 Å². The molecule has 7 heteroatoms. The molecule has 0 radical (unpaired) electrons. The molecule has 1 N–H and O–H groups in total. The normalized spacial score (nSPS) is 18.9. The fourth-order valence-corrected chi connectivity index (χ4v) is 3.64. The van der Waals surface area contributed by atoms with Gasteiger partial charge in [-0.15, -0.1) is 0 Å². The Hall–Kier alpha value is -2.57. The summed E-state index contributed by atoms with van der Waals surface area (Å²) in [6.07, 6.45) is 1.08. The molecule has 1 atom stereocenters. The van der Waals surface area contributed by atoms with Crippen LogP contribution in [0.1, 0.15) is 46.6 Å². The van der Waals surface area contributed by atoms with E-state index in [0.29, 0.717) is 37.8 Å². The van der Waals surface area contributed by atoms with Crippen LogP contribution in [0.3, 0.4) is 0 Å². The van der Waals surface area contributed by atoms with Gasteiger partial charge >= 0.3 is 6.03 Å². The SMILES string of the molecule is COc1ccc(CC[C@]2(C)NC(=O)N(CC(=O)N(CC(C)C)CC(C)C)C2=O)cc1. The molecule has 1 heterocycles. The molecule has 0 unspecified atom stereocenters. The van der Waals surface area contributed by atoms with Crippen LogP contribution in [0.2, 0.25) is 0 Å². The van der Waals surface area contributed by atoms with Crippen LogP contribution >= 0.6 is 0 Å². The second-order valence-corrected chi connectivity index (χ2v) is 9.09. The number of nitrogens with zero attached hydrogens (tertiary/aromatic N) is 2. The average Bonchev–Trinajstić information content (AvgIpc) is 2.89. The van der Waals surface area contributed by atoms with E-state index < -0.39 is 11.6 Å². The first-order chi connectivity index (χ1) is 14.1. The third kappa shape index (κ3) is 5.97. The fourth-order valence-electron chi connectivity index (χ4n) is 3.64. The topological polar surface area (TPSA) is 79.0 Å². The van der Waals surface area contributed by atoms with Gasteiger partial charge in [-0.2, -0.15) is 0 Å². The van der Waals surface area contributed by atoms with E-state index in [0.717, 1.165) is 16.2 Å². The molecular weight excluding hydrogens is 382 g/mol. The molecule has 1 aromatic carbocycles. The number of carbonyl (C=O) groups is 3. The maximum absolute atomic E-state index is 13.0. The van der Waals surface area contributed by atoms with Crippen LogP contribution < -0.4 is 10.1 Å². The zero-order valence-corrected chi connectivity index (χ0v) is 19.0. The third-order valence-electron chi connectivity index (χ3n) is 5.24. The van der Waals surface area contributed by atoms with Gasteiger partial charge < -0.3 is 15.0 Å². The Morgan fingerprint density at radius 1 is 1.10 bits per heavy atom. The van der Waals surface area contributed by atoms with Crippen molar-refractivity contribution in [2.75, 3.05) is 26.7 Å². The van der Waals surface area contributed by atoms with Gasteiger partial charge in [-0.3, -0.25) is 14.5 Å². The number of aryl methyl sites for hydroxylation is 1. The Morgan fingerprint density at radius 3 is 2.17 bits per heavy atom. The standard InChI is InChI=1S/C23H35N3O4/c1-16(2)13-25(14-17(3)4)20(27)15-26-21(28)23(5,24-22(26)29)12-11-18-7-9-19(30-6)10-8-18/h7-10,16-17H,11-15H2,1-6H3,(H,24,29)/t23-/m0/s1. The monoisotopic (exact) mass is 417 g/mol. The summed E-state index contributed by atoms with van der Waals surface area (Å²) in [5.41, 5.74) is 0.0340. The van der Waals surface area contributed by atoms with Crippen LogP contribution in [0.25, 0.3) is 0 Å². The minimum atomic E-state index is -1.02. The number of hydrogen-bond acceptors (Lipinski definition) is 4. The van der Waals surface area contributed by atoms with E-state index in [9.17, 15) is 14.4 Å². The summed E-state index contributed by atoms with van der Waals surface area (Å²) in [6, 6.07) is 7.13. The third-order valence-corrected chi connectivity index (χ3v) is 5.24. The van der Waals surface area contributed by atoms with E-state index >= 15 is 0 Å². The van der Waals surface area contributed by atoms with Gasteiger partial charge in [0.05, 0.1) is 7.11 Å². The maximum atomic E-state index is 13.0. The highest BCUT2D eigenvalue weighted by molar-refractivity contribution is 6.08. The van der Waals surface area contributed by atoms with E-state index in [-0.39, 0.29) is 18.4 Å². The van der Waals surface area contributed by atoms with Crippen molar-refractivity contribution in [3.63, 3.8) is 0 Å². The number of nitrogens with one attached hydrogen (secondary N) is 1. The number of imide groups is 1. The smallest absolute Gasteiger partial charge is 0.325 e. The lowest BCUT2D eigenvalue weighted by molar-refractivity contribution is -0.139. The molecule has 4 amide bonds.